The van der Waals surface area contributed by atoms with E-state index in [-0.39, 0.29) is 16.7 Å². The molecule has 2 heterocycles. The van der Waals surface area contributed by atoms with Gasteiger partial charge in [0.05, 0.1) is 10.6 Å². The molecule has 1 atom stereocenters. The Kier molecular flexibility index (Phi) is 4.45. The number of nitrogens with two attached hydrogens (primary N) is 1. The molecule has 2 aliphatic rings. The smallest absolute Gasteiger partial charge is 0.238 e. The minimum Gasteiger partial charge on any atom is -0.312 e. The largest absolute Gasteiger partial charge is 0.312 e. The van der Waals surface area contributed by atoms with Crippen LogP contribution in [0.2, 0.25) is 0 Å². The zero-order valence-corrected chi connectivity index (χ0v) is 17.1. The number of fused-ring (bicyclic) bond motifs is 2. The number of hydrogen-bond donors (Lipinski definition) is 1. The van der Waals surface area contributed by atoms with Crippen molar-refractivity contribution in [3.63, 3.8) is 0 Å². The van der Waals surface area contributed by atoms with E-state index in [0.29, 0.717) is 25.1 Å². The van der Waals surface area contributed by atoms with Crippen molar-refractivity contribution >= 4 is 21.6 Å². The van der Waals surface area contributed by atoms with E-state index < -0.39 is 10.0 Å². The fraction of sp³-hybridized carbons (Fsp3) is 0.217. The summed E-state index contributed by atoms with van der Waals surface area (Å²) in [6.07, 6.45) is 3.86. The van der Waals surface area contributed by atoms with Crippen LogP contribution in [0.5, 0.6) is 0 Å². The average molecular weight is 420 g/mol. The minimum absolute atomic E-state index is 0.0376. The van der Waals surface area contributed by atoms with E-state index in [2.05, 4.69) is 23.2 Å². The number of benzene rings is 2. The Labute approximate surface area is 175 Å². The third kappa shape index (κ3) is 3.30. The van der Waals surface area contributed by atoms with Gasteiger partial charge in [0, 0.05) is 29.9 Å². The molecule has 0 saturated heterocycles. The minimum atomic E-state index is -3.81. The molecule has 0 bridgehead atoms. The van der Waals surface area contributed by atoms with Gasteiger partial charge in [-0.05, 0) is 66.3 Å². The monoisotopic (exact) mass is 419 g/mol. The second kappa shape index (κ2) is 7.04. The number of rotatable bonds is 3. The van der Waals surface area contributed by atoms with Gasteiger partial charge in [-0.1, -0.05) is 24.3 Å². The average Bonchev–Trinajstić information content (AvgIpc) is 3.36. The highest BCUT2D eigenvalue weighted by Gasteiger charge is 2.34. The van der Waals surface area contributed by atoms with Crippen LogP contribution in [0.1, 0.15) is 16.7 Å². The van der Waals surface area contributed by atoms with Crippen LogP contribution in [0.3, 0.4) is 0 Å². The van der Waals surface area contributed by atoms with Gasteiger partial charge in [0.2, 0.25) is 15.9 Å². The van der Waals surface area contributed by atoms with E-state index in [1.54, 1.807) is 17.2 Å². The van der Waals surface area contributed by atoms with Gasteiger partial charge in [0.25, 0.3) is 0 Å². The molecular weight excluding hydrogens is 398 g/mol. The quantitative estimate of drug-likeness (QED) is 0.706. The number of primary sulfonamides is 1. The molecule has 1 aliphatic carbocycles. The number of carbonyl (C=O) groups excluding carboxylic acids is 1. The summed E-state index contributed by atoms with van der Waals surface area (Å²) < 4.78 is 23.5. The molecule has 2 N–H and O–H groups in total. The number of carbonyl (C=O) groups is 1. The van der Waals surface area contributed by atoms with Gasteiger partial charge in [-0.3, -0.25) is 9.78 Å². The predicted octanol–water partition coefficient (Wildman–Crippen LogP) is 2.70. The normalized spacial score (nSPS) is 17.6. The molecule has 5 rings (SSSR count). The number of aromatic nitrogens is 1. The van der Waals surface area contributed by atoms with Crippen molar-refractivity contribution in [2.75, 3.05) is 11.4 Å². The lowest BCUT2D eigenvalue weighted by atomic mass is 10.0. The first kappa shape index (κ1) is 19.0. The van der Waals surface area contributed by atoms with Crippen LogP contribution in [0.4, 0.5) is 5.69 Å². The summed E-state index contributed by atoms with van der Waals surface area (Å²) in [6.45, 7) is 0.564. The van der Waals surface area contributed by atoms with Gasteiger partial charge in [-0.2, -0.15) is 0 Å². The Morgan fingerprint density at radius 1 is 1.00 bits per heavy atom. The molecule has 1 unspecified atom stereocenters. The molecule has 0 radical (unpaired) electrons. The molecule has 6 nitrogen and oxygen atoms in total. The Bertz CT molecular complexity index is 1260. The number of amides is 1. The summed E-state index contributed by atoms with van der Waals surface area (Å²) in [5, 5.41) is 5.28. The third-order valence-electron chi connectivity index (χ3n) is 6.00. The van der Waals surface area contributed by atoms with E-state index >= 15 is 0 Å². The second-order valence-corrected chi connectivity index (χ2v) is 9.44. The van der Waals surface area contributed by atoms with Crippen molar-refractivity contribution < 1.29 is 13.2 Å². The van der Waals surface area contributed by atoms with Crippen LogP contribution in [0, 0.1) is 5.92 Å². The predicted molar refractivity (Wildman–Crippen MR) is 114 cm³/mol. The summed E-state index contributed by atoms with van der Waals surface area (Å²) >= 11 is 0. The SMILES string of the molecule is NS(=O)(=O)c1ccc2c(c1)N(C(=O)C1Cc3ccc(-c4ccccn4)cc3C1)CC2. The van der Waals surface area contributed by atoms with Crippen LogP contribution >= 0.6 is 0 Å². The molecule has 3 aromatic rings. The van der Waals surface area contributed by atoms with Gasteiger partial charge in [-0.25, -0.2) is 13.6 Å². The van der Waals surface area contributed by atoms with Gasteiger partial charge in [0.1, 0.15) is 0 Å². The van der Waals surface area contributed by atoms with E-state index in [0.717, 1.165) is 23.2 Å². The van der Waals surface area contributed by atoms with Crippen LogP contribution in [0.15, 0.2) is 65.7 Å². The summed E-state index contributed by atoms with van der Waals surface area (Å²) in [6, 6.07) is 16.9. The van der Waals surface area contributed by atoms with Crippen molar-refractivity contribution in [1.82, 2.24) is 4.98 Å². The van der Waals surface area contributed by atoms with Crippen LogP contribution < -0.4 is 10.0 Å². The summed E-state index contributed by atoms with van der Waals surface area (Å²) in [5.41, 5.74) is 5.96. The first-order valence-corrected chi connectivity index (χ1v) is 11.4. The lowest BCUT2D eigenvalue weighted by molar-refractivity contribution is -0.122. The van der Waals surface area contributed by atoms with Crippen LogP contribution in [-0.2, 0) is 34.1 Å². The van der Waals surface area contributed by atoms with Crippen molar-refractivity contribution in [2.45, 2.75) is 24.2 Å². The maximum absolute atomic E-state index is 13.3. The highest BCUT2D eigenvalue weighted by molar-refractivity contribution is 7.89. The molecule has 0 fully saturated rings. The third-order valence-corrected chi connectivity index (χ3v) is 6.91. The topological polar surface area (TPSA) is 93.4 Å². The number of anilines is 1. The van der Waals surface area contributed by atoms with Crippen molar-refractivity contribution in [3.05, 3.63) is 77.5 Å². The lowest BCUT2D eigenvalue weighted by Crippen LogP contribution is -2.35. The maximum atomic E-state index is 13.3. The number of pyridine rings is 1. The van der Waals surface area contributed by atoms with E-state index in [4.69, 9.17) is 5.14 Å². The summed E-state index contributed by atoms with van der Waals surface area (Å²) in [5.74, 6) is -0.112. The van der Waals surface area contributed by atoms with Crippen molar-refractivity contribution in [2.24, 2.45) is 11.1 Å². The Balaban J connectivity index is 1.40. The fourth-order valence-corrected chi connectivity index (χ4v) is 5.00. The molecule has 1 aromatic heterocycles. The number of hydrogen-bond acceptors (Lipinski definition) is 4. The molecule has 0 spiro atoms. The highest BCUT2D eigenvalue weighted by Crippen LogP contribution is 2.36. The van der Waals surface area contributed by atoms with E-state index in [1.165, 1.54) is 23.3 Å². The Morgan fingerprint density at radius 3 is 2.57 bits per heavy atom. The Hall–Kier alpha value is -3.03. The van der Waals surface area contributed by atoms with Crippen molar-refractivity contribution in [3.8, 4) is 11.3 Å². The molecule has 1 aliphatic heterocycles. The molecular formula is C23H21N3O3S. The number of sulfonamides is 1. The van der Waals surface area contributed by atoms with Crippen LogP contribution in [0.25, 0.3) is 11.3 Å². The number of nitrogens with zero attached hydrogens (tertiary/aromatic N) is 2. The molecule has 7 heteroatoms. The molecule has 152 valence electrons. The van der Waals surface area contributed by atoms with E-state index in [9.17, 15) is 13.2 Å². The fourth-order valence-electron chi connectivity index (χ4n) is 4.47. The first-order chi connectivity index (χ1) is 14.4. The maximum Gasteiger partial charge on any atom is 0.238 e. The Morgan fingerprint density at radius 2 is 1.80 bits per heavy atom. The first-order valence-electron chi connectivity index (χ1n) is 9.90. The van der Waals surface area contributed by atoms with E-state index in [1.807, 2.05) is 18.2 Å². The molecule has 0 saturated carbocycles. The molecule has 1 amide bonds. The molecule has 30 heavy (non-hydrogen) atoms. The van der Waals surface area contributed by atoms with Gasteiger partial charge < -0.3 is 4.90 Å². The summed E-state index contributed by atoms with van der Waals surface area (Å²) in [7, 11) is -3.81. The van der Waals surface area contributed by atoms with Crippen molar-refractivity contribution in [1.29, 1.82) is 0 Å². The van der Waals surface area contributed by atoms with Gasteiger partial charge in [-0.15, -0.1) is 0 Å². The zero-order valence-electron chi connectivity index (χ0n) is 16.3. The van der Waals surface area contributed by atoms with Crippen LogP contribution in [-0.4, -0.2) is 25.9 Å². The lowest BCUT2D eigenvalue weighted by Gasteiger charge is -2.21. The standard InChI is InChI=1S/C23H21N3O3S/c24-30(28,29)20-7-6-15-8-10-26(22(15)14-20)23(27)19-11-16-4-5-17(12-18(16)13-19)21-3-1-2-9-25-21/h1-7,9,12,14,19H,8,10-11,13H2,(H2,24,28,29). The summed E-state index contributed by atoms with van der Waals surface area (Å²) in [4.78, 5) is 19.5. The van der Waals surface area contributed by atoms with Gasteiger partial charge >= 0.3 is 0 Å². The molecule has 2 aromatic carbocycles. The zero-order chi connectivity index (χ0) is 20.9. The second-order valence-electron chi connectivity index (χ2n) is 7.88. The van der Waals surface area contributed by atoms with Gasteiger partial charge in [0.15, 0.2) is 0 Å². The highest BCUT2D eigenvalue weighted by atomic mass is 32.2.